The Labute approximate surface area is 95.1 Å². The third-order valence-electron chi connectivity index (χ3n) is 2.30. The molecule has 0 saturated carbocycles. The van der Waals surface area contributed by atoms with E-state index in [-0.39, 0.29) is 5.91 Å². The summed E-state index contributed by atoms with van der Waals surface area (Å²) >= 11 is 0. The van der Waals surface area contributed by atoms with Crippen LogP contribution in [0, 0.1) is 5.95 Å². The number of rotatable bonds is 6. The largest absolute Gasteiger partial charge is 0.352 e. The maximum Gasteiger partial charge on any atom is 0.251 e. The Kier molecular flexibility index (Phi) is 5.46. The van der Waals surface area contributed by atoms with Crippen LogP contribution in [0.4, 0.5) is 4.39 Å². The predicted molar refractivity (Wildman–Crippen MR) is 60.7 cm³/mol. The third kappa shape index (κ3) is 4.38. The molecule has 3 nitrogen and oxygen atoms in total. The summed E-state index contributed by atoms with van der Waals surface area (Å²) in [5.41, 5.74) is 0.322. The molecule has 0 saturated heterocycles. The average Bonchev–Trinajstić information content (AvgIpc) is 2.28. The van der Waals surface area contributed by atoms with Gasteiger partial charge in [0, 0.05) is 24.4 Å². The van der Waals surface area contributed by atoms with Crippen LogP contribution in [0.15, 0.2) is 18.3 Å². The third-order valence-corrected chi connectivity index (χ3v) is 2.30. The van der Waals surface area contributed by atoms with Gasteiger partial charge in [0.15, 0.2) is 0 Å². The number of nitrogens with zero attached hydrogens (tertiary/aromatic N) is 1. The van der Waals surface area contributed by atoms with Crippen LogP contribution in [-0.2, 0) is 0 Å². The number of amides is 1. The minimum Gasteiger partial charge on any atom is -0.352 e. The molecule has 0 radical (unpaired) electrons. The molecule has 0 unspecified atom stereocenters. The highest BCUT2D eigenvalue weighted by Crippen LogP contribution is 2.01. The lowest BCUT2D eigenvalue weighted by atomic mass is 10.2. The Balaban J connectivity index is 2.30. The lowest BCUT2D eigenvalue weighted by molar-refractivity contribution is 0.0952. The first-order chi connectivity index (χ1) is 7.74. The van der Waals surface area contributed by atoms with Gasteiger partial charge in [-0.25, -0.2) is 4.98 Å². The van der Waals surface area contributed by atoms with Crippen LogP contribution in [0.25, 0.3) is 0 Å². The first kappa shape index (κ1) is 12.6. The van der Waals surface area contributed by atoms with E-state index in [0.29, 0.717) is 12.1 Å². The predicted octanol–water partition coefficient (Wildman–Crippen LogP) is 2.53. The quantitative estimate of drug-likeness (QED) is 0.596. The summed E-state index contributed by atoms with van der Waals surface area (Å²) in [6.07, 6.45) is 5.72. The van der Waals surface area contributed by atoms with Crippen LogP contribution in [0.3, 0.4) is 0 Å². The Morgan fingerprint density at radius 3 is 2.94 bits per heavy atom. The Hall–Kier alpha value is -1.45. The van der Waals surface area contributed by atoms with E-state index in [1.165, 1.54) is 25.1 Å². The minimum atomic E-state index is -0.626. The monoisotopic (exact) mass is 224 g/mol. The molecule has 1 heterocycles. The lowest BCUT2D eigenvalue weighted by Crippen LogP contribution is -2.24. The van der Waals surface area contributed by atoms with Gasteiger partial charge >= 0.3 is 0 Å². The fraction of sp³-hybridized carbons (Fsp3) is 0.500. The van der Waals surface area contributed by atoms with Gasteiger partial charge in [0.25, 0.3) is 5.91 Å². The van der Waals surface area contributed by atoms with Gasteiger partial charge in [-0.3, -0.25) is 4.79 Å². The Morgan fingerprint density at radius 1 is 1.44 bits per heavy atom. The summed E-state index contributed by atoms with van der Waals surface area (Å²) < 4.78 is 12.7. The van der Waals surface area contributed by atoms with Crippen molar-refractivity contribution in [2.24, 2.45) is 0 Å². The van der Waals surface area contributed by atoms with Gasteiger partial charge in [-0.15, -0.1) is 0 Å². The molecule has 1 amide bonds. The van der Waals surface area contributed by atoms with Crippen molar-refractivity contribution in [1.82, 2.24) is 10.3 Å². The van der Waals surface area contributed by atoms with E-state index in [2.05, 4.69) is 17.2 Å². The molecule has 0 aromatic carbocycles. The van der Waals surface area contributed by atoms with Crippen molar-refractivity contribution in [3.8, 4) is 0 Å². The number of unbranched alkanes of at least 4 members (excludes halogenated alkanes) is 3. The standard InChI is InChI=1S/C12H17FN2O/c1-2-3-4-5-7-15-12(16)10-6-8-14-11(13)9-10/h6,8-9H,2-5,7H2,1H3,(H,15,16). The number of hydrogen-bond acceptors (Lipinski definition) is 2. The van der Waals surface area contributed by atoms with E-state index in [0.717, 1.165) is 18.9 Å². The van der Waals surface area contributed by atoms with Crippen molar-refractivity contribution in [1.29, 1.82) is 0 Å². The van der Waals surface area contributed by atoms with Crippen molar-refractivity contribution in [3.05, 3.63) is 29.8 Å². The number of carbonyl (C=O) groups excluding carboxylic acids is 1. The lowest BCUT2D eigenvalue weighted by Gasteiger charge is -2.04. The molecule has 16 heavy (non-hydrogen) atoms. The Bertz CT molecular complexity index is 342. The summed E-state index contributed by atoms with van der Waals surface area (Å²) in [6, 6.07) is 2.64. The zero-order valence-electron chi connectivity index (χ0n) is 9.50. The summed E-state index contributed by atoms with van der Waals surface area (Å²) in [5.74, 6) is -0.864. The maximum absolute atomic E-state index is 12.7. The molecule has 0 bridgehead atoms. The van der Waals surface area contributed by atoms with E-state index >= 15 is 0 Å². The van der Waals surface area contributed by atoms with Gasteiger partial charge in [0.1, 0.15) is 0 Å². The maximum atomic E-state index is 12.7. The average molecular weight is 224 g/mol. The summed E-state index contributed by atoms with van der Waals surface area (Å²) in [7, 11) is 0. The van der Waals surface area contributed by atoms with Crippen LogP contribution in [0.1, 0.15) is 43.0 Å². The zero-order chi connectivity index (χ0) is 11.8. The molecule has 0 aliphatic rings. The number of pyridine rings is 1. The van der Waals surface area contributed by atoms with Crippen LogP contribution < -0.4 is 5.32 Å². The van der Waals surface area contributed by atoms with Crippen molar-refractivity contribution in [2.75, 3.05) is 6.54 Å². The number of hydrogen-bond donors (Lipinski definition) is 1. The molecule has 0 spiro atoms. The second kappa shape index (κ2) is 6.93. The van der Waals surface area contributed by atoms with Gasteiger partial charge in [0.05, 0.1) is 0 Å². The molecule has 0 aliphatic heterocycles. The molecule has 0 atom stereocenters. The molecular weight excluding hydrogens is 207 g/mol. The second-order valence-corrected chi connectivity index (χ2v) is 3.68. The van der Waals surface area contributed by atoms with E-state index < -0.39 is 5.95 Å². The summed E-state index contributed by atoms with van der Waals surface area (Å²) in [6.45, 7) is 2.78. The molecule has 4 heteroatoms. The first-order valence-electron chi connectivity index (χ1n) is 5.63. The molecular formula is C12H17FN2O. The number of aromatic nitrogens is 1. The van der Waals surface area contributed by atoms with Gasteiger partial charge in [-0.1, -0.05) is 26.2 Å². The highest BCUT2D eigenvalue weighted by molar-refractivity contribution is 5.93. The number of halogens is 1. The van der Waals surface area contributed by atoms with Crippen molar-refractivity contribution < 1.29 is 9.18 Å². The minimum absolute atomic E-state index is 0.238. The number of nitrogens with one attached hydrogen (secondary N) is 1. The van der Waals surface area contributed by atoms with Gasteiger partial charge in [-0.2, -0.15) is 4.39 Å². The van der Waals surface area contributed by atoms with Gasteiger partial charge < -0.3 is 5.32 Å². The smallest absolute Gasteiger partial charge is 0.251 e. The van der Waals surface area contributed by atoms with Crippen LogP contribution in [0.2, 0.25) is 0 Å². The molecule has 1 aromatic rings. The molecule has 88 valence electrons. The van der Waals surface area contributed by atoms with E-state index in [4.69, 9.17) is 0 Å². The SMILES string of the molecule is CCCCCCNC(=O)c1ccnc(F)c1. The second-order valence-electron chi connectivity index (χ2n) is 3.68. The van der Waals surface area contributed by atoms with E-state index in [1.807, 2.05) is 0 Å². The Morgan fingerprint density at radius 2 is 2.25 bits per heavy atom. The van der Waals surface area contributed by atoms with Gasteiger partial charge in [-0.05, 0) is 12.5 Å². The zero-order valence-corrected chi connectivity index (χ0v) is 9.50. The summed E-state index contributed by atoms with van der Waals surface area (Å²) in [4.78, 5) is 14.9. The fourth-order valence-electron chi connectivity index (χ4n) is 1.40. The van der Waals surface area contributed by atoms with Crippen LogP contribution in [-0.4, -0.2) is 17.4 Å². The molecule has 1 aromatic heterocycles. The van der Waals surface area contributed by atoms with Crippen molar-refractivity contribution in [2.45, 2.75) is 32.6 Å². The molecule has 0 fully saturated rings. The summed E-state index contributed by atoms with van der Waals surface area (Å²) in [5, 5.41) is 2.75. The highest BCUT2D eigenvalue weighted by atomic mass is 19.1. The molecule has 1 rings (SSSR count). The van der Waals surface area contributed by atoms with Crippen molar-refractivity contribution in [3.63, 3.8) is 0 Å². The number of carbonyl (C=O) groups is 1. The normalized spacial score (nSPS) is 10.1. The first-order valence-corrected chi connectivity index (χ1v) is 5.63. The molecule has 1 N–H and O–H groups in total. The molecule has 0 aliphatic carbocycles. The van der Waals surface area contributed by atoms with E-state index in [1.54, 1.807) is 0 Å². The highest BCUT2D eigenvalue weighted by Gasteiger charge is 2.05. The topological polar surface area (TPSA) is 42.0 Å². The van der Waals surface area contributed by atoms with E-state index in [9.17, 15) is 9.18 Å². The van der Waals surface area contributed by atoms with Gasteiger partial charge in [0.2, 0.25) is 5.95 Å². The van der Waals surface area contributed by atoms with Crippen molar-refractivity contribution >= 4 is 5.91 Å². The van der Waals surface area contributed by atoms with Crippen LogP contribution in [0.5, 0.6) is 0 Å². The fourth-order valence-corrected chi connectivity index (χ4v) is 1.40. The van der Waals surface area contributed by atoms with Crippen LogP contribution >= 0.6 is 0 Å².